The molecular formula is C40H47N5O5. The lowest BCUT2D eigenvalue weighted by Crippen LogP contribution is -2.62. The molecule has 1 spiro atoms. The molecule has 10 heteroatoms. The van der Waals surface area contributed by atoms with E-state index in [1.807, 2.05) is 117 Å². The van der Waals surface area contributed by atoms with Crippen LogP contribution < -0.4 is 24.2 Å². The van der Waals surface area contributed by atoms with Gasteiger partial charge < -0.3 is 28.9 Å². The summed E-state index contributed by atoms with van der Waals surface area (Å²) in [5.41, 5.74) is 4.85. The fourth-order valence-electron chi connectivity index (χ4n) is 6.53. The summed E-state index contributed by atoms with van der Waals surface area (Å²) in [7, 11) is 3.95. The van der Waals surface area contributed by atoms with Gasteiger partial charge in [-0.05, 0) is 69.0 Å². The molecule has 0 aliphatic carbocycles. The fourth-order valence-corrected chi connectivity index (χ4v) is 6.53. The van der Waals surface area contributed by atoms with Crippen molar-refractivity contribution in [3.05, 3.63) is 102 Å². The van der Waals surface area contributed by atoms with Crippen LogP contribution in [0.1, 0.15) is 44.7 Å². The zero-order valence-electron chi connectivity index (χ0n) is 29.7. The number of amides is 2. The molecule has 10 nitrogen and oxygen atoms in total. The molecule has 2 aliphatic heterocycles. The quantitative estimate of drug-likeness (QED) is 0.152. The Kier molecular flexibility index (Phi) is 10.2. The van der Waals surface area contributed by atoms with Gasteiger partial charge in [0.15, 0.2) is 0 Å². The molecule has 3 aromatic carbocycles. The number of carbonyl (C=O) groups is 2. The van der Waals surface area contributed by atoms with Crippen molar-refractivity contribution in [1.82, 2.24) is 9.88 Å². The maximum absolute atomic E-state index is 12.9. The first-order chi connectivity index (χ1) is 24.0. The van der Waals surface area contributed by atoms with Crippen molar-refractivity contribution in [3.63, 3.8) is 0 Å². The zero-order chi connectivity index (χ0) is 35.3. The topological polar surface area (TPSA) is 87.7 Å². The van der Waals surface area contributed by atoms with Crippen LogP contribution in [0.4, 0.5) is 27.5 Å². The van der Waals surface area contributed by atoms with E-state index in [1.54, 1.807) is 11.0 Å². The molecule has 2 saturated heterocycles. The lowest BCUT2D eigenvalue weighted by Gasteiger charge is -2.54. The summed E-state index contributed by atoms with van der Waals surface area (Å²) in [6.45, 7) is 9.58. The smallest absolute Gasteiger partial charge is 0.410 e. The normalized spacial score (nSPS) is 15.2. The SMILES string of the molecule is CN(C)c1cc(N2CCC3(CC2)CN(C(=O)OC(C)(C)C)C3)ccc1N(C=O)c1ccc(OCc2ccccc2)nc1OCc1ccccc1. The van der Waals surface area contributed by atoms with E-state index in [2.05, 4.69) is 17.0 Å². The Bertz CT molecular complexity index is 1760. The molecule has 4 aromatic rings. The second-order valence-corrected chi connectivity index (χ2v) is 14.4. The lowest BCUT2D eigenvalue weighted by atomic mass is 9.72. The van der Waals surface area contributed by atoms with E-state index in [4.69, 9.17) is 19.2 Å². The average Bonchev–Trinajstić information content (AvgIpc) is 3.10. The van der Waals surface area contributed by atoms with E-state index >= 15 is 0 Å². The molecule has 2 amide bonds. The molecule has 0 N–H and O–H groups in total. The van der Waals surface area contributed by atoms with Crippen molar-refractivity contribution in [1.29, 1.82) is 0 Å². The molecule has 50 heavy (non-hydrogen) atoms. The third kappa shape index (κ3) is 8.13. The number of hydrogen-bond acceptors (Lipinski definition) is 8. The Hall–Kier alpha value is -5.25. The standard InChI is InChI=1S/C40H47N5O5/c1-39(2,3)50-38(47)44-27-40(28-44)20-22-43(23-21-40)32-16-17-33(35(24-32)42(4)5)45(29-46)34-18-19-36(48-25-30-12-8-6-9-13-30)41-37(34)49-26-31-14-10-7-11-15-31/h6-19,24,29H,20-23,25-28H2,1-5H3. The number of aromatic nitrogens is 1. The van der Waals surface area contributed by atoms with Crippen LogP contribution in [0.3, 0.4) is 0 Å². The molecule has 2 fully saturated rings. The number of likely N-dealkylation sites (tertiary alicyclic amines) is 1. The first-order valence-corrected chi connectivity index (χ1v) is 17.2. The molecule has 6 rings (SSSR count). The van der Waals surface area contributed by atoms with Gasteiger partial charge in [0.25, 0.3) is 0 Å². The number of carbonyl (C=O) groups excluding carboxylic acids is 2. The number of anilines is 4. The second-order valence-electron chi connectivity index (χ2n) is 14.4. The maximum Gasteiger partial charge on any atom is 0.410 e. The first-order valence-electron chi connectivity index (χ1n) is 17.2. The number of nitrogens with zero attached hydrogens (tertiary/aromatic N) is 5. The van der Waals surface area contributed by atoms with Crippen molar-refractivity contribution < 1.29 is 23.8 Å². The maximum atomic E-state index is 12.9. The molecule has 0 bridgehead atoms. The molecule has 0 unspecified atom stereocenters. The molecule has 0 saturated carbocycles. The summed E-state index contributed by atoms with van der Waals surface area (Å²) in [5, 5.41) is 0. The Morgan fingerprint density at radius 1 is 0.820 bits per heavy atom. The van der Waals surface area contributed by atoms with Crippen molar-refractivity contribution in [2.75, 3.05) is 55.0 Å². The van der Waals surface area contributed by atoms with E-state index in [0.29, 0.717) is 29.7 Å². The van der Waals surface area contributed by atoms with Gasteiger partial charge in [0, 0.05) is 57.4 Å². The minimum atomic E-state index is -0.493. The monoisotopic (exact) mass is 677 g/mol. The number of ether oxygens (including phenoxy) is 3. The van der Waals surface area contributed by atoms with Gasteiger partial charge in [0.1, 0.15) is 24.5 Å². The molecule has 0 atom stereocenters. The zero-order valence-corrected chi connectivity index (χ0v) is 29.7. The Morgan fingerprint density at radius 3 is 2.00 bits per heavy atom. The highest BCUT2D eigenvalue weighted by Gasteiger charge is 2.47. The van der Waals surface area contributed by atoms with Crippen LogP contribution in [0, 0.1) is 5.41 Å². The minimum Gasteiger partial charge on any atom is -0.473 e. The van der Waals surface area contributed by atoms with Gasteiger partial charge in [-0.1, -0.05) is 60.7 Å². The molecule has 2 aliphatic rings. The highest BCUT2D eigenvalue weighted by Crippen LogP contribution is 2.44. The summed E-state index contributed by atoms with van der Waals surface area (Å²) in [6, 6.07) is 29.5. The molecule has 1 aromatic heterocycles. The number of benzene rings is 3. The molecule has 3 heterocycles. The highest BCUT2D eigenvalue weighted by molar-refractivity contribution is 5.94. The first kappa shape index (κ1) is 34.6. The fraction of sp³-hybridized carbons (Fsp3) is 0.375. The number of piperidine rings is 1. The van der Waals surface area contributed by atoms with E-state index in [-0.39, 0.29) is 18.1 Å². The van der Waals surface area contributed by atoms with Gasteiger partial charge in [0.2, 0.25) is 18.2 Å². The van der Waals surface area contributed by atoms with Crippen molar-refractivity contribution in [3.8, 4) is 11.8 Å². The van der Waals surface area contributed by atoms with E-state index in [0.717, 1.165) is 67.9 Å². The molecular weight excluding hydrogens is 630 g/mol. The second kappa shape index (κ2) is 14.7. The van der Waals surface area contributed by atoms with Crippen LogP contribution in [-0.2, 0) is 22.7 Å². The molecule has 262 valence electrons. The van der Waals surface area contributed by atoms with Crippen molar-refractivity contribution in [2.24, 2.45) is 5.41 Å². The van der Waals surface area contributed by atoms with Gasteiger partial charge in [-0.15, -0.1) is 0 Å². The van der Waals surface area contributed by atoms with E-state index in [9.17, 15) is 9.59 Å². The summed E-state index contributed by atoms with van der Waals surface area (Å²) < 4.78 is 17.9. The van der Waals surface area contributed by atoms with Gasteiger partial charge >= 0.3 is 6.09 Å². The van der Waals surface area contributed by atoms with Gasteiger partial charge in [0.05, 0.1) is 11.4 Å². The predicted octanol–water partition coefficient (Wildman–Crippen LogP) is 7.44. The van der Waals surface area contributed by atoms with Crippen LogP contribution in [0.25, 0.3) is 0 Å². The van der Waals surface area contributed by atoms with E-state index < -0.39 is 5.60 Å². The van der Waals surface area contributed by atoms with Crippen molar-refractivity contribution in [2.45, 2.75) is 52.4 Å². The summed E-state index contributed by atoms with van der Waals surface area (Å²) in [6.07, 6.45) is 2.57. The Balaban J connectivity index is 1.20. The van der Waals surface area contributed by atoms with E-state index in [1.165, 1.54) is 0 Å². The largest absolute Gasteiger partial charge is 0.473 e. The number of rotatable bonds is 11. The van der Waals surface area contributed by atoms with Crippen LogP contribution >= 0.6 is 0 Å². The Labute approximate surface area is 295 Å². The highest BCUT2D eigenvalue weighted by atomic mass is 16.6. The third-order valence-electron chi connectivity index (χ3n) is 9.22. The van der Waals surface area contributed by atoms with Gasteiger partial charge in [-0.3, -0.25) is 9.69 Å². The van der Waals surface area contributed by atoms with Gasteiger partial charge in [-0.25, -0.2) is 4.79 Å². The summed E-state index contributed by atoms with van der Waals surface area (Å²) in [4.78, 5) is 38.0. The van der Waals surface area contributed by atoms with Crippen LogP contribution in [0.5, 0.6) is 11.8 Å². The Morgan fingerprint density at radius 2 is 1.42 bits per heavy atom. The summed E-state index contributed by atoms with van der Waals surface area (Å²) in [5.74, 6) is 0.695. The minimum absolute atomic E-state index is 0.145. The third-order valence-corrected chi connectivity index (χ3v) is 9.22. The number of pyridine rings is 1. The van der Waals surface area contributed by atoms with Crippen LogP contribution in [0.15, 0.2) is 91.0 Å². The van der Waals surface area contributed by atoms with Crippen LogP contribution in [-0.4, -0.2) is 68.3 Å². The average molecular weight is 678 g/mol. The van der Waals surface area contributed by atoms with Crippen LogP contribution in [0.2, 0.25) is 0 Å². The predicted molar refractivity (Wildman–Crippen MR) is 196 cm³/mol. The summed E-state index contributed by atoms with van der Waals surface area (Å²) >= 11 is 0. The number of hydrogen-bond donors (Lipinski definition) is 0. The van der Waals surface area contributed by atoms with Crippen molar-refractivity contribution >= 4 is 35.3 Å². The molecule has 0 radical (unpaired) electrons. The van der Waals surface area contributed by atoms with Gasteiger partial charge in [-0.2, -0.15) is 4.98 Å². The lowest BCUT2D eigenvalue weighted by molar-refractivity contribution is -0.106.